The van der Waals surface area contributed by atoms with Crippen molar-refractivity contribution in [2.45, 2.75) is 12.5 Å². The van der Waals surface area contributed by atoms with Gasteiger partial charge in [0.2, 0.25) is 11.6 Å². The predicted octanol–water partition coefficient (Wildman–Crippen LogP) is 5.10. The highest BCUT2D eigenvalue weighted by Crippen LogP contribution is 2.32. The summed E-state index contributed by atoms with van der Waals surface area (Å²) in [5, 5.41) is 1.70. The Hall–Kier alpha value is -2.77. The van der Waals surface area contributed by atoms with E-state index < -0.39 is 0 Å². The van der Waals surface area contributed by atoms with E-state index in [4.69, 9.17) is 22.9 Å². The molecule has 5 heteroatoms. The molecular formula is C20H16ClN3O. The van der Waals surface area contributed by atoms with Crippen LogP contribution in [-0.2, 0) is 0 Å². The van der Waals surface area contributed by atoms with E-state index >= 15 is 0 Å². The summed E-state index contributed by atoms with van der Waals surface area (Å²) >= 11 is 6.01. The number of fused-ring (bicyclic) bond motifs is 1. The van der Waals surface area contributed by atoms with E-state index in [0.29, 0.717) is 16.6 Å². The van der Waals surface area contributed by atoms with Gasteiger partial charge in [0.25, 0.3) is 0 Å². The van der Waals surface area contributed by atoms with Crippen molar-refractivity contribution in [2.75, 3.05) is 18.0 Å². The van der Waals surface area contributed by atoms with Gasteiger partial charge in [0.05, 0.1) is 18.6 Å². The van der Waals surface area contributed by atoms with Crippen LogP contribution in [0.1, 0.15) is 6.42 Å². The van der Waals surface area contributed by atoms with E-state index in [-0.39, 0.29) is 6.10 Å². The Morgan fingerprint density at radius 2 is 2.04 bits per heavy atom. The maximum atomic E-state index is 7.32. The predicted molar refractivity (Wildman–Crippen MR) is 101 cm³/mol. The lowest BCUT2D eigenvalue weighted by Gasteiger charge is -2.20. The summed E-state index contributed by atoms with van der Waals surface area (Å²) in [6.07, 6.45) is 0.975. The number of pyridine rings is 1. The Labute approximate surface area is 151 Å². The number of aromatic nitrogens is 1. The molecule has 1 atom stereocenters. The van der Waals surface area contributed by atoms with Crippen LogP contribution >= 0.6 is 11.6 Å². The van der Waals surface area contributed by atoms with E-state index in [0.717, 1.165) is 36.1 Å². The summed E-state index contributed by atoms with van der Waals surface area (Å²) < 4.78 is 6.08. The Morgan fingerprint density at radius 3 is 2.92 bits per heavy atom. The second-order valence-corrected chi connectivity index (χ2v) is 6.50. The Morgan fingerprint density at radius 1 is 1.16 bits per heavy atom. The molecule has 0 aliphatic carbocycles. The third-order valence-corrected chi connectivity index (χ3v) is 4.64. The zero-order chi connectivity index (χ0) is 17.2. The first-order chi connectivity index (χ1) is 12.2. The number of anilines is 1. The minimum absolute atomic E-state index is 0.0658. The standard InChI is InChI=1S/C20H16ClN3O/c1-22-18-4-2-3-5-19(18)24-11-10-16(13-24)25-20-9-6-14-12-15(21)7-8-17(14)23-20/h2-9,12,16H,10-11,13H2/t16-/m1/s1. The molecule has 2 heterocycles. The number of rotatable bonds is 3. The SMILES string of the molecule is [C-]#[N+]c1ccccc1N1CC[C@@H](Oc2ccc3cc(Cl)ccc3n2)C1. The first kappa shape index (κ1) is 15.7. The number of para-hydroxylation sites is 2. The molecule has 0 bridgehead atoms. The third kappa shape index (κ3) is 3.24. The van der Waals surface area contributed by atoms with Crippen LogP contribution in [0.25, 0.3) is 15.7 Å². The molecule has 4 nitrogen and oxygen atoms in total. The average Bonchev–Trinajstić information content (AvgIpc) is 3.10. The van der Waals surface area contributed by atoms with Gasteiger partial charge in [-0.25, -0.2) is 9.83 Å². The van der Waals surface area contributed by atoms with Crippen molar-refractivity contribution in [2.24, 2.45) is 0 Å². The van der Waals surface area contributed by atoms with Gasteiger partial charge in [-0.15, -0.1) is 0 Å². The van der Waals surface area contributed by atoms with Crippen molar-refractivity contribution < 1.29 is 4.74 Å². The van der Waals surface area contributed by atoms with Gasteiger partial charge in [-0.3, -0.25) is 0 Å². The van der Waals surface area contributed by atoms with Gasteiger partial charge in [-0.05, 0) is 30.3 Å². The maximum Gasteiger partial charge on any atom is 0.214 e. The summed E-state index contributed by atoms with van der Waals surface area (Å²) in [7, 11) is 0. The molecule has 2 aromatic carbocycles. The highest BCUT2D eigenvalue weighted by atomic mass is 35.5. The molecule has 0 radical (unpaired) electrons. The minimum atomic E-state index is 0.0658. The van der Waals surface area contributed by atoms with Crippen LogP contribution in [-0.4, -0.2) is 24.2 Å². The molecule has 124 valence electrons. The first-order valence-corrected chi connectivity index (χ1v) is 8.55. The van der Waals surface area contributed by atoms with E-state index in [1.807, 2.05) is 54.6 Å². The number of hydrogen-bond acceptors (Lipinski definition) is 3. The van der Waals surface area contributed by atoms with E-state index in [2.05, 4.69) is 14.7 Å². The largest absolute Gasteiger partial charge is 0.472 e. The van der Waals surface area contributed by atoms with Crippen molar-refractivity contribution in [1.82, 2.24) is 4.98 Å². The number of benzene rings is 2. The molecule has 1 aromatic heterocycles. The molecule has 1 aliphatic heterocycles. The Balaban J connectivity index is 1.49. The molecule has 25 heavy (non-hydrogen) atoms. The van der Waals surface area contributed by atoms with E-state index in [1.54, 1.807) is 0 Å². The van der Waals surface area contributed by atoms with Crippen LogP contribution in [0.3, 0.4) is 0 Å². The molecule has 0 N–H and O–H groups in total. The van der Waals surface area contributed by atoms with Crippen LogP contribution in [0, 0.1) is 6.57 Å². The Kier molecular flexibility index (Phi) is 4.17. The van der Waals surface area contributed by atoms with Crippen molar-refractivity contribution in [1.29, 1.82) is 0 Å². The van der Waals surface area contributed by atoms with Crippen molar-refractivity contribution in [3.8, 4) is 5.88 Å². The highest BCUT2D eigenvalue weighted by Gasteiger charge is 2.25. The molecule has 0 unspecified atom stereocenters. The summed E-state index contributed by atoms with van der Waals surface area (Å²) in [5.41, 5.74) is 2.53. The van der Waals surface area contributed by atoms with Crippen molar-refractivity contribution >= 4 is 33.9 Å². The van der Waals surface area contributed by atoms with Gasteiger partial charge in [-0.2, -0.15) is 0 Å². The zero-order valence-electron chi connectivity index (χ0n) is 13.5. The van der Waals surface area contributed by atoms with Crippen LogP contribution in [0.4, 0.5) is 11.4 Å². The molecule has 1 saturated heterocycles. The Bertz CT molecular complexity index is 967. The minimum Gasteiger partial charge on any atom is -0.472 e. The van der Waals surface area contributed by atoms with Gasteiger partial charge >= 0.3 is 0 Å². The monoisotopic (exact) mass is 349 g/mol. The summed E-state index contributed by atoms with van der Waals surface area (Å²) in [6, 6.07) is 17.2. The van der Waals surface area contributed by atoms with E-state index in [9.17, 15) is 0 Å². The topological polar surface area (TPSA) is 29.7 Å². The molecule has 0 spiro atoms. The fraction of sp³-hybridized carbons (Fsp3) is 0.200. The number of nitrogens with zero attached hydrogens (tertiary/aromatic N) is 3. The summed E-state index contributed by atoms with van der Waals surface area (Å²) in [5.74, 6) is 0.625. The van der Waals surface area contributed by atoms with Gasteiger partial charge in [0.15, 0.2) is 0 Å². The van der Waals surface area contributed by atoms with Crippen LogP contribution in [0.2, 0.25) is 5.02 Å². The van der Waals surface area contributed by atoms with Gasteiger partial charge in [0, 0.05) is 35.1 Å². The lowest BCUT2D eigenvalue weighted by Crippen LogP contribution is -2.24. The fourth-order valence-corrected chi connectivity index (χ4v) is 3.36. The molecule has 1 aliphatic rings. The van der Waals surface area contributed by atoms with Gasteiger partial charge < -0.3 is 9.64 Å². The average molecular weight is 350 g/mol. The van der Waals surface area contributed by atoms with Crippen LogP contribution in [0.15, 0.2) is 54.6 Å². The third-order valence-electron chi connectivity index (χ3n) is 4.40. The lowest BCUT2D eigenvalue weighted by atomic mass is 10.2. The van der Waals surface area contributed by atoms with Crippen molar-refractivity contribution in [3.63, 3.8) is 0 Å². The second-order valence-electron chi connectivity index (χ2n) is 6.06. The normalized spacial score (nSPS) is 16.8. The summed E-state index contributed by atoms with van der Waals surface area (Å²) in [6.45, 7) is 8.95. The number of halogens is 1. The van der Waals surface area contributed by atoms with Crippen LogP contribution < -0.4 is 9.64 Å². The second kappa shape index (κ2) is 6.62. The van der Waals surface area contributed by atoms with Crippen molar-refractivity contribution in [3.05, 3.63) is 71.0 Å². The molecule has 4 rings (SSSR count). The van der Waals surface area contributed by atoms with Gasteiger partial charge in [0.1, 0.15) is 6.10 Å². The number of hydrogen-bond donors (Lipinski definition) is 0. The quantitative estimate of drug-likeness (QED) is 0.616. The molecule has 0 amide bonds. The summed E-state index contributed by atoms with van der Waals surface area (Å²) in [4.78, 5) is 10.4. The maximum absolute atomic E-state index is 7.32. The molecule has 3 aromatic rings. The lowest BCUT2D eigenvalue weighted by molar-refractivity contribution is 0.216. The zero-order valence-corrected chi connectivity index (χ0v) is 14.3. The first-order valence-electron chi connectivity index (χ1n) is 8.17. The highest BCUT2D eigenvalue weighted by molar-refractivity contribution is 6.31. The molecular weight excluding hydrogens is 334 g/mol. The smallest absolute Gasteiger partial charge is 0.214 e. The van der Waals surface area contributed by atoms with Crippen LogP contribution in [0.5, 0.6) is 5.88 Å². The molecule has 1 fully saturated rings. The molecule has 0 saturated carbocycles. The van der Waals surface area contributed by atoms with E-state index in [1.165, 1.54) is 0 Å². The van der Waals surface area contributed by atoms with Gasteiger partial charge in [-0.1, -0.05) is 29.8 Å². The fourth-order valence-electron chi connectivity index (χ4n) is 3.18. The number of ether oxygens (including phenoxy) is 1.